The predicted octanol–water partition coefficient (Wildman–Crippen LogP) is 3.12. The molecule has 1 aliphatic heterocycles. The van der Waals surface area contributed by atoms with Crippen LogP contribution in [-0.4, -0.2) is 18.5 Å². The number of hydrogen-bond acceptors (Lipinski definition) is 1. The first-order chi connectivity index (χ1) is 6.86. The van der Waals surface area contributed by atoms with Gasteiger partial charge in [-0.1, -0.05) is 18.2 Å². The lowest BCUT2D eigenvalue weighted by molar-refractivity contribution is 0.432. The SMILES string of the molecule is CN1C=CC=C(C2CCC=CCC2)C1. The van der Waals surface area contributed by atoms with Crippen LogP contribution in [0.25, 0.3) is 0 Å². The average Bonchev–Trinajstić information content (AvgIpc) is 2.45. The normalized spacial score (nSPS) is 23.5. The lowest BCUT2D eigenvalue weighted by atomic mass is 9.90. The molecular formula is C13H19N. The van der Waals surface area contributed by atoms with E-state index in [0.717, 1.165) is 12.5 Å². The second kappa shape index (κ2) is 4.50. The van der Waals surface area contributed by atoms with Gasteiger partial charge in [0.15, 0.2) is 0 Å². The highest BCUT2D eigenvalue weighted by molar-refractivity contribution is 5.21. The number of rotatable bonds is 1. The molecule has 0 radical (unpaired) electrons. The molecule has 1 nitrogen and oxygen atoms in total. The van der Waals surface area contributed by atoms with E-state index in [2.05, 4.69) is 42.5 Å². The molecule has 0 aromatic rings. The molecule has 0 unspecified atom stereocenters. The lowest BCUT2D eigenvalue weighted by Gasteiger charge is -2.25. The minimum Gasteiger partial charge on any atom is -0.376 e. The van der Waals surface area contributed by atoms with Crippen LogP contribution in [0.1, 0.15) is 25.7 Å². The van der Waals surface area contributed by atoms with Gasteiger partial charge in [-0.2, -0.15) is 0 Å². The summed E-state index contributed by atoms with van der Waals surface area (Å²) >= 11 is 0. The summed E-state index contributed by atoms with van der Waals surface area (Å²) in [4.78, 5) is 2.27. The summed E-state index contributed by atoms with van der Waals surface area (Å²) in [5.74, 6) is 0.817. The zero-order valence-electron chi connectivity index (χ0n) is 8.95. The fourth-order valence-corrected chi connectivity index (χ4v) is 2.32. The Morgan fingerprint density at radius 3 is 2.57 bits per heavy atom. The van der Waals surface area contributed by atoms with Crippen molar-refractivity contribution in [1.29, 1.82) is 0 Å². The van der Waals surface area contributed by atoms with Crippen molar-refractivity contribution in [1.82, 2.24) is 4.90 Å². The molecule has 0 aromatic heterocycles. The second-order valence-electron chi connectivity index (χ2n) is 4.32. The Labute approximate surface area is 86.8 Å². The van der Waals surface area contributed by atoms with Crippen molar-refractivity contribution in [3.63, 3.8) is 0 Å². The van der Waals surface area contributed by atoms with Crippen molar-refractivity contribution in [3.8, 4) is 0 Å². The molecule has 0 bridgehead atoms. The fraction of sp³-hybridized carbons (Fsp3) is 0.538. The number of likely N-dealkylation sites (N-methyl/N-ethyl adjacent to an activating group) is 1. The second-order valence-corrected chi connectivity index (χ2v) is 4.32. The lowest BCUT2D eigenvalue weighted by Crippen LogP contribution is -2.21. The van der Waals surface area contributed by atoms with Crippen molar-refractivity contribution in [2.45, 2.75) is 25.7 Å². The minimum absolute atomic E-state index is 0.817. The summed E-state index contributed by atoms with van der Waals surface area (Å²) in [6.45, 7) is 1.13. The molecule has 76 valence electrons. The van der Waals surface area contributed by atoms with E-state index in [1.165, 1.54) is 25.7 Å². The molecule has 0 saturated heterocycles. The first kappa shape index (κ1) is 9.57. The van der Waals surface area contributed by atoms with Gasteiger partial charge >= 0.3 is 0 Å². The standard InChI is InChI=1S/C13H19N/c1-14-10-6-9-13(11-14)12-7-4-2-3-5-8-12/h2-3,6,9-10,12H,4-5,7-8,11H2,1H3. The molecule has 1 heteroatoms. The van der Waals surface area contributed by atoms with Gasteiger partial charge < -0.3 is 4.90 Å². The van der Waals surface area contributed by atoms with Gasteiger partial charge in [0.05, 0.1) is 0 Å². The molecule has 0 aromatic carbocycles. The zero-order chi connectivity index (χ0) is 9.80. The van der Waals surface area contributed by atoms with Crippen molar-refractivity contribution >= 4 is 0 Å². The Morgan fingerprint density at radius 1 is 1.21 bits per heavy atom. The Kier molecular flexibility index (Phi) is 3.07. The van der Waals surface area contributed by atoms with Gasteiger partial charge in [0, 0.05) is 13.6 Å². The highest BCUT2D eigenvalue weighted by Crippen LogP contribution is 2.27. The van der Waals surface area contributed by atoms with Crippen molar-refractivity contribution in [2.75, 3.05) is 13.6 Å². The molecular weight excluding hydrogens is 170 g/mol. The van der Waals surface area contributed by atoms with Crippen LogP contribution in [-0.2, 0) is 0 Å². The molecule has 1 aliphatic carbocycles. The van der Waals surface area contributed by atoms with Crippen LogP contribution in [0.4, 0.5) is 0 Å². The van der Waals surface area contributed by atoms with Gasteiger partial charge in [0.1, 0.15) is 0 Å². The van der Waals surface area contributed by atoms with Crippen LogP contribution in [0.5, 0.6) is 0 Å². The molecule has 0 N–H and O–H groups in total. The van der Waals surface area contributed by atoms with E-state index in [9.17, 15) is 0 Å². The molecule has 0 amide bonds. The van der Waals surface area contributed by atoms with Crippen LogP contribution < -0.4 is 0 Å². The van der Waals surface area contributed by atoms with E-state index in [1.54, 1.807) is 5.57 Å². The Hall–Kier alpha value is -0.980. The Balaban J connectivity index is 2.00. The molecule has 1 heterocycles. The molecule has 0 atom stereocenters. The quantitative estimate of drug-likeness (QED) is 0.573. The van der Waals surface area contributed by atoms with Crippen LogP contribution >= 0.6 is 0 Å². The maximum Gasteiger partial charge on any atom is 0.0386 e. The molecule has 14 heavy (non-hydrogen) atoms. The number of allylic oxidation sites excluding steroid dienone is 4. The van der Waals surface area contributed by atoms with E-state index < -0.39 is 0 Å². The van der Waals surface area contributed by atoms with Gasteiger partial charge in [-0.05, 0) is 49.5 Å². The van der Waals surface area contributed by atoms with E-state index >= 15 is 0 Å². The fourth-order valence-electron chi connectivity index (χ4n) is 2.32. The van der Waals surface area contributed by atoms with E-state index in [4.69, 9.17) is 0 Å². The van der Waals surface area contributed by atoms with Gasteiger partial charge in [0.2, 0.25) is 0 Å². The third-order valence-corrected chi connectivity index (χ3v) is 3.14. The average molecular weight is 189 g/mol. The Morgan fingerprint density at radius 2 is 1.93 bits per heavy atom. The maximum atomic E-state index is 2.34. The summed E-state index contributed by atoms with van der Waals surface area (Å²) in [6, 6.07) is 0. The third-order valence-electron chi connectivity index (χ3n) is 3.14. The van der Waals surface area contributed by atoms with Crippen molar-refractivity contribution in [3.05, 3.63) is 36.1 Å². The van der Waals surface area contributed by atoms with Crippen molar-refractivity contribution < 1.29 is 0 Å². The largest absolute Gasteiger partial charge is 0.376 e. The summed E-state index contributed by atoms with van der Waals surface area (Å²) in [5, 5.41) is 0. The first-order valence-corrected chi connectivity index (χ1v) is 5.59. The van der Waals surface area contributed by atoms with E-state index in [1.807, 2.05) is 0 Å². The zero-order valence-corrected chi connectivity index (χ0v) is 8.95. The monoisotopic (exact) mass is 189 g/mol. The number of hydrogen-bond donors (Lipinski definition) is 0. The summed E-state index contributed by atoms with van der Waals surface area (Å²) in [5.41, 5.74) is 1.62. The van der Waals surface area contributed by atoms with Crippen LogP contribution in [0.2, 0.25) is 0 Å². The van der Waals surface area contributed by atoms with E-state index in [0.29, 0.717) is 0 Å². The Bertz CT molecular complexity index is 263. The van der Waals surface area contributed by atoms with Crippen LogP contribution in [0, 0.1) is 5.92 Å². The highest BCUT2D eigenvalue weighted by Gasteiger charge is 2.16. The van der Waals surface area contributed by atoms with Gasteiger partial charge in [-0.3, -0.25) is 0 Å². The van der Waals surface area contributed by atoms with Gasteiger partial charge in [0.25, 0.3) is 0 Å². The summed E-state index contributed by atoms with van der Waals surface area (Å²) in [7, 11) is 2.15. The summed E-state index contributed by atoms with van der Waals surface area (Å²) < 4.78 is 0. The van der Waals surface area contributed by atoms with Gasteiger partial charge in [-0.15, -0.1) is 0 Å². The van der Waals surface area contributed by atoms with Crippen LogP contribution in [0.3, 0.4) is 0 Å². The molecule has 0 fully saturated rings. The van der Waals surface area contributed by atoms with Crippen LogP contribution in [0.15, 0.2) is 36.1 Å². The van der Waals surface area contributed by atoms with E-state index in [-0.39, 0.29) is 0 Å². The number of nitrogens with zero attached hydrogens (tertiary/aromatic N) is 1. The van der Waals surface area contributed by atoms with Gasteiger partial charge in [-0.25, -0.2) is 0 Å². The third kappa shape index (κ3) is 2.28. The predicted molar refractivity (Wildman–Crippen MR) is 61.0 cm³/mol. The summed E-state index contributed by atoms with van der Waals surface area (Å²) in [6.07, 6.45) is 16.5. The van der Waals surface area contributed by atoms with Crippen molar-refractivity contribution in [2.24, 2.45) is 5.92 Å². The first-order valence-electron chi connectivity index (χ1n) is 5.59. The molecule has 0 spiro atoms. The maximum absolute atomic E-state index is 2.34. The molecule has 2 aliphatic rings. The molecule has 2 rings (SSSR count). The molecule has 0 saturated carbocycles. The topological polar surface area (TPSA) is 3.24 Å². The highest BCUT2D eigenvalue weighted by atomic mass is 15.1. The smallest absolute Gasteiger partial charge is 0.0386 e. The minimum atomic E-state index is 0.817.